The van der Waals surface area contributed by atoms with Crippen LogP contribution in [-0.4, -0.2) is 10.8 Å². The van der Waals surface area contributed by atoms with Gasteiger partial charge in [-0.25, -0.2) is 0 Å². The van der Waals surface area contributed by atoms with Crippen LogP contribution in [0.5, 0.6) is 0 Å². The Kier molecular flexibility index (Phi) is 2.86. The molecule has 0 aliphatic heterocycles. The molecule has 3 rings (SSSR count). The lowest BCUT2D eigenvalue weighted by molar-refractivity contribution is 0.103. The molecular formula is C14H8ClNOS. The van der Waals surface area contributed by atoms with Crippen molar-refractivity contribution in [3.63, 3.8) is 0 Å². The highest BCUT2D eigenvalue weighted by atomic mass is 35.5. The maximum Gasteiger partial charge on any atom is 0.194 e. The third-order valence-corrected chi connectivity index (χ3v) is 3.78. The highest BCUT2D eigenvalue weighted by Gasteiger charge is 2.10. The van der Waals surface area contributed by atoms with Crippen LogP contribution in [-0.2, 0) is 0 Å². The smallest absolute Gasteiger partial charge is 0.194 e. The zero-order valence-corrected chi connectivity index (χ0v) is 10.8. The Morgan fingerprint density at radius 3 is 2.67 bits per heavy atom. The topological polar surface area (TPSA) is 30.0 Å². The molecule has 0 aliphatic rings. The van der Waals surface area contributed by atoms with Crippen LogP contribution < -0.4 is 0 Å². The van der Waals surface area contributed by atoms with E-state index in [0.717, 1.165) is 10.2 Å². The number of halogens is 1. The van der Waals surface area contributed by atoms with Gasteiger partial charge in [0.15, 0.2) is 5.78 Å². The molecule has 0 amide bonds. The lowest BCUT2D eigenvalue weighted by Gasteiger charge is -2.01. The molecule has 0 saturated heterocycles. The predicted molar refractivity (Wildman–Crippen MR) is 74.5 cm³/mol. The molecule has 2 aromatic heterocycles. The molecule has 0 atom stereocenters. The van der Waals surface area contributed by atoms with Gasteiger partial charge in [0.25, 0.3) is 0 Å². The Bertz CT molecular complexity index is 718. The first-order valence-corrected chi connectivity index (χ1v) is 6.63. The second-order valence-electron chi connectivity index (χ2n) is 3.86. The van der Waals surface area contributed by atoms with Crippen LogP contribution in [0.15, 0.2) is 48.0 Å². The van der Waals surface area contributed by atoms with Crippen molar-refractivity contribution in [3.05, 3.63) is 64.1 Å². The Labute approximate surface area is 113 Å². The van der Waals surface area contributed by atoms with E-state index in [9.17, 15) is 4.79 Å². The number of fused-ring (bicyclic) bond motifs is 1. The molecule has 0 aliphatic carbocycles. The molecule has 2 heterocycles. The summed E-state index contributed by atoms with van der Waals surface area (Å²) >= 11 is 7.38. The fourth-order valence-electron chi connectivity index (χ4n) is 1.74. The van der Waals surface area contributed by atoms with Crippen LogP contribution in [0.1, 0.15) is 15.9 Å². The van der Waals surface area contributed by atoms with Crippen LogP contribution in [0.2, 0.25) is 5.02 Å². The second-order valence-corrected chi connectivity index (χ2v) is 5.25. The van der Waals surface area contributed by atoms with Crippen molar-refractivity contribution in [3.8, 4) is 0 Å². The second kappa shape index (κ2) is 4.52. The number of ketones is 1. The Balaban J connectivity index is 2.03. The van der Waals surface area contributed by atoms with E-state index >= 15 is 0 Å². The van der Waals surface area contributed by atoms with E-state index in [1.807, 2.05) is 17.5 Å². The minimum absolute atomic E-state index is 0.0329. The molecule has 18 heavy (non-hydrogen) atoms. The minimum Gasteiger partial charge on any atom is -0.289 e. The van der Waals surface area contributed by atoms with E-state index in [-0.39, 0.29) is 5.78 Å². The van der Waals surface area contributed by atoms with Gasteiger partial charge in [0.1, 0.15) is 0 Å². The minimum atomic E-state index is -0.0329. The SMILES string of the molecule is O=C(c1ccc(Cl)cc1)c1cnc2ccsc2c1. The zero-order valence-electron chi connectivity index (χ0n) is 9.26. The van der Waals surface area contributed by atoms with Crippen molar-refractivity contribution in [2.24, 2.45) is 0 Å². The van der Waals surface area contributed by atoms with Crippen LogP contribution in [0.3, 0.4) is 0 Å². The molecule has 1 aromatic carbocycles. The van der Waals surface area contributed by atoms with Gasteiger partial charge in [0.2, 0.25) is 0 Å². The van der Waals surface area contributed by atoms with Gasteiger partial charge in [0, 0.05) is 22.3 Å². The fourth-order valence-corrected chi connectivity index (χ4v) is 2.64. The number of rotatable bonds is 2. The highest BCUT2D eigenvalue weighted by molar-refractivity contribution is 7.17. The van der Waals surface area contributed by atoms with E-state index < -0.39 is 0 Å². The number of aromatic nitrogens is 1. The van der Waals surface area contributed by atoms with Gasteiger partial charge in [-0.2, -0.15) is 0 Å². The Morgan fingerprint density at radius 1 is 1.11 bits per heavy atom. The maximum atomic E-state index is 12.2. The Morgan fingerprint density at radius 2 is 1.89 bits per heavy atom. The quantitative estimate of drug-likeness (QED) is 0.656. The average Bonchev–Trinajstić information content (AvgIpc) is 2.86. The van der Waals surface area contributed by atoms with Crippen molar-refractivity contribution < 1.29 is 4.79 Å². The van der Waals surface area contributed by atoms with Crippen molar-refractivity contribution in [1.82, 2.24) is 4.98 Å². The first-order valence-electron chi connectivity index (χ1n) is 5.37. The molecule has 0 bridgehead atoms. The maximum absolute atomic E-state index is 12.2. The van der Waals surface area contributed by atoms with Gasteiger partial charge < -0.3 is 0 Å². The van der Waals surface area contributed by atoms with Crippen LogP contribution in [0.25, 0.3) is 10.2 Å². The van der Waals surface area contributed by atoms with Crippen LogP contribution >= 0.6 is 22.9 Å². The molecule has 0 radical (unpaired) electrons. The lowest BCUT2D eigenvalue weighted by Crippen LogP contribution is -2.01. The molecule has 2 nitrogen and oxygen atoms in total. The first kappa shape index (κ1) is 11.4. The molecule has 0 unspecified atom stereocenters. The number of nitrogens with zero attached hydrogens (tertiary/aromatic N) is 1. The van der Waals surface area contributed by atoms with Crippen molar-refractivity contribution in [2.75, 3.05) is 0 Å². The third-order valence-electron chi connectivity index (χ3n) is 2.67. The summed E-state index contributed by atoms with van der Waals surface area (Å²) in [6.07, 6.45) is 1.62. The van der Waals surface area contributed by atoms with Gasteiger partial charge >= 0.3 is 0 Å². The highest BCUT2D eigenvalue weighted by Crippen LogP contribution is 2.21. The fraction of sp³-hybridized carbons (Fsp3) is 0. The number of pyridine rings is 1. The van der Waals surface area contributed by atoms with Crippen molar-refractivity contribution in [2.45, 2.75) is 0 Å². The number of carbonyl (C=O) groups is 1. The van der Waals surface area contributed by atoms with Gasteiger partial charge in [-0.3, -0.25) is 9.78 Å². The third kappa shape index (κ3) is 2.03. The first-order chi connectivity index (χ1) is 8.74. The number of hydrogen-bond donors (Lipinski definition) is 0. The number of carbonyl (C=O) groups excluding carboxylic acids is 1. The number of benzene rings is 1. The lowest BCUT2D eigenvalue weighted by atomic mass is 10.1. The summed E-state index contributed by atoms with van der Waals surface area (Å²) in [4.78, 5) is 16.5. The predicted octanol–water partition coefficient (Wildman–Crippen LogP) is 4.18. The van der Waals surface area contributed by atoms with E-state index in [1.54, 1.807) is 41.8 Å². The summed E-state index contributed by atoms with van der Waals surface area (Å²) in [7, 11) is 0. The summed E-state index contributed by atoms with van der Waals surface area (Å²) < 4.78 is 1.02. The molecular weight excluding hydrogens is 266 g/mol. The molecule has 0 fully saturated rings. The molecule has 4 heteroatoms. The molecule has 0 spiro atoms. The van der Waals surface area contributed by atoms with Gasteiger partial charge in [-0.1, -0.05) is 11.6 Å². The molecule has 0 saturated carbocycles. The summed E-state index contributed by atoms with van der Waals surface area (Å²) in [5.74, 6) is -0.0329. The molecule has 3 aromatic rings. The summed E-state index contributed by atoms with van der Waals surface area (Å²) in [5, 5.41) is 2.59. The largest absolute Gasteiger partial charge is 0.289 e. The van der Waals surface area contributed by atoms with Crippen molar-refractivity contribution in [1.29, 1.82) is 0 Å². The summed E-state index contributed by atoms with van der Waals surface area (Å²) in [6, 6.07) is 10.7. The number of hydrogen-bond acceptors (Lipinski definition) is 3. The van der Waals surface area contributed by atoms with Crippen LogP contribution in [0.4, 0.5) is 0 Å². The molecule has 88 valence electrons. The van der Waals surface area contributed by atoms with E-state index in [2.05, 4.69) is 4.98 Å². The van der Waals surface area contributed by atoms with E-state index in [1.165, 1.54) is 0 Å². The van der Waals surface area contributed by atoms with Gasteiger partial charge in [-0.15, -0.1) is 11.3 Å². The summed E-state index contributed by atoms with van der Waals surface area (Å²) in [5.41, 5.74) is 2.15. The zero-order chi connectivity index (χ0) is 12.5. The van der Waals surface area contributed by atoms with E-state index in [4.69, 9.17) is 11.6 Å². The normalized spacial score (nSPS) is 10.7. The van der Waals surface area contributed by atoms with Gasteiger partial charge in [-0.05, 0) is 41.8 Å². The number of thiophene rings is 1. The monoisotopic (exact) mass is 273 g/mol. The van der Waals surface area contributed by atoms with Crippen LogP contribution in [0, 0.1) is 0 Å². The Hall–Kier alpha value is -1.71. The average molecular weight is 274 g/mol. The molecule has 0 N–H and O–H groups in total. The van der Waals surface area contributed by atoms with Gasteiger partial charge in [0.05, 0.1) is 10.2 Å². The summed E-state index contributed by atoms with van der Waals surface area (Å²) in [6.45, 7) is 0. The van der Waals surface area contributed by atoms with E-state index in [0.29, 0.717) is 16.1 Å². The van der Waals surface area contributed by atoms with Crippen molar-refractivity contribution >= 4 is 38.9 Å². The standard InChI is InChI=1S/C14H8ClNOS/c15-11-3-1-9(2-4-11)14(17)10-7-13-12(16-8-10)5-6-18-13/h1-8H.